The molecule has 0 aromatic heterocycles. The molecule has 0 aliphatic carbocycles. The van der Waals surface area contributed by atoms with Crippen LogP contribution in [0.3, 0.4) is 0 Å². The Morgan fingerprint density at radius 2 is 2.10 bits per heavy atom. The molecule has 3 rings (SSSR count). The van der Waals surface area contributed by atoms with Crippen molar-refractivity contribution in [2.75, 3.05) is 19.8 Å². The second kappa shape index (κ2) is 6.40. The fraction of sp³-hybridized carbons (Fsp3) is 0.588. The van der Waals surface area contributed by atoms with Crippen LogP contribution in [0.2, 0.25) is 0 Å². The van der Waals surface area contributed by atoms with Gasteiger partial charge < -0.3 is 9.64 Å². The zero-order valence-electron chi connectivity index (χ0n) is 12.0. The molecule has 1 aromatic carbocycles. The van der Waals surface area contributed by atoms with Crippen LogP contribution in [0, 0.1) is 5.92 Å². The van der Waals surface area contributed by atoms with Crippen LogP contribution < -0.4 is 0 Å². The van der Waals surface area contributed by atoms with E-state index in [-0.39, 0.29) is 0 Å². The minimum atomic E-state index is 0.332. The molecule has 2 aliphatic heterocycles. The molecular formula is C17H23NO2. The van der Waals surface area contributed by atoms with Crippen molar-refractivity contribution in [3.05, 3.63) is 35.9 Å². The summed E-state index contributed by atoms with van der Waals surface area (Å²) >= 11 is 0. The highest BCUT2D eigenvalue weighted by molar-refractivity contribution is 5.77. The van der Waals surface area contributed by atoms with E-state index in [4.69, 9.17) is 4.74 Å². The first kappa shape index (κ1) is 13.6. The minimum Gasteiger partial charge on any atom is -0.381 e. The van der Waals surface area contributed by atoms with E-state index in [0.29, 0.717) is 24.3 Å². The van der Waals surface area contributed by atoms with E-state index < -0.39 is 0 Å². The summed E-state index contributed by atoms with van der Waals surface area (Å²) in [5, 5.41) is 0. The quantitative estimate of drug-likeness (QED) is 0.844. The largest absolute Gasteiger partial charge is 0.381 e. The highest BCUT2D eigenvalue weighted by Crippen LogP contribution is 2.25. The van der Waals surface area contributed by atoms with Crippen LogP contribution in [0.4, 0.5) is 0 Å². The van der Waals surface area contributed by atoms with Crippen LogP contribution in [-0.2, 0) is 16.0 Å². The molecule has 0 N–H and O–H groups in total. The van der Waals surface area contributed by atoms with E-state index in [2.05, 4.69) is 29.2 Å². The van der Waals surface area contributed by atoms with E-state index in [1.54, 1.807) is 0 Å². The van der Waals surface area contributed by atoms with Gasteiger partial charge in [-0.3, -0.25) is 4.79 Å². The molecule has 1 aromatic rings. The molecule has 20 heavy (non-hydrogen) atoms. The Morgan fingerprint density at radius 1 is 1.25 bits per heavy atom. The lowest BCUT2D eigenvalue weighted by molar-refractivity contribution is -0.133. The van der Waals surface area contributed by atoms with E-state index in [1.165, 1.54) is 5.56 Å². The van der Waals surface area contributed by atoms with Gasteiger partial charge in [-0.25, -0.2) is 0 Å². The highest BCUT2D eigenvalue weighted by Gasteiger charge is 2.30. The Hall–Kier alpha value is -1.35. The Labute approximate surface area is 120 Å². The molecule has 2 atom stereocenters. The summed E-state index contributed by atoms with van der Waals surface area (Å²) in [5.41, 5.74) is 1.33. The monoisotopic (exact) mass is 273 g/mol. The highest BCUT2D eigenvalue weighted by atomic mass is 16.5. The fourth-order valence-electron chi connectivity index (χ4n) is 3.37. The summed E-state index contributed by atoms with van der Waals surface area (Å²) in [5.74, 6) is 0.777. The van der Waals surface area contributed by atoms with Gasteiger partial charge in [-0.15, -0.1) is 0 Å². The lowest BCUT2D eigenvalue weighted by Crippen LogP contribution is -2.37. The maximum absolute atomic E-state index is 12.5. The average molecular weight is 273 g/mol. The molecule has 0 saturated carbocycles. The lowest BCUT2D eigenvalue weighted by Gasteiger charge is -2.26. The maximum atomic E-state index is 12.5. The van der Waals surface area contributed by atoms with Crippen LogP contribution in [0.5, 0.6) is 0 Å². The number of hydrogen-bond acceptors (Lipinski definition) is 2. The maximum Gasteiger partial charge on any atom is 0.223 e. The van der Waals surface area contributed by atoms with Gasteiger partial charge in [0.15, 0.2) is 0 Å². The van der Waals surface area contributed by atoms with Crippen molar-refractivity contribution in [1.29, 1.82) is 0 Å². The Bertz CT molecular complexity index is 440. The fourth-order valence-corrected chi connectivity index (χ4v) is 3.37. The summed E-state index contributed by atoms with van der Waals surface area (Å²) < 4.78 is 5.37. The van der Waals surface area contributed by atoms with Crippen molar-refractivity contribution in [2.45, 2.75) is 38.1 Å². The first-order valence-electron chi connectivity index (χ1n) is 7.74. The van der Waals surface area contributed by atoms with E-state index in [1.807, 2.05) is 6.07 Å². The third-order valence-electron chi connectivity index (χ3n) is 4.50. The van der Waals surface area contributed by atoms with Crippen LogP contribution in [0.15, 0.2) is 30.3 Å². The van der Waals surface area contributed by atoms with Gasteiger partial charge in [0, 0.05) is 32.2 Å². The average Bonchev–Trinajstić information content (AvgIpc) is 3.11. The molecule has 0 bridgehead atoms. The van der Waals surface area contributed by atoms with E-state index in [0.717, 1.165) is 45.4 Å². The van der Waals surface area contributed by atoms with Crippen molar-refractivity contribution in [3.8, 4) is 0 Å². The van der Waals surface area contributed by atoms with Gasteiger partial charge in [-0.05, 0) is 37.2 Å². The molecule has 2 heterocycles. The predicted octanol–water partition coefficient (Wildman–Crippen LogP) is 2.65. The second-order valence-electron chi connectivity index (χ2n) is 6.01. The Morgan fingerprint density at radius 3 is 2.85 bits per heavy atom. The molecule has 3 nitrogen and oxygen atoms in total. The molecule has 0 spiro atoms. The van der Waals surface area contributed by atoms with Gasteiger partial charge in [-0.1, -0.05) is 30.3 Å². The number of benzene rings is 1. The van der Waals surface area contributed by atoms with Gasteiger partial charge in [0.05, 0.1) is 0 Å². The Balaban J connectivity index is 1.58. The summed E-state index contributed by atoms with van der Waals surface area (Å²) in [7, 11) is 0. The summed E-state index contributed by atoms with van der Waals surface area (Å²) in [6.45, 7) is 2.53. The third-order valence-corrected chi connectivity index (χ3v) is 4.50. The van der Waals surface area contributed by atoms with Crippen molar-refractivity contribution in [3.63, 3.8) is 0 Å². The van der Waals surface area contributed by atoms with Gasteiger partial charge in [0.1, 0.15) is 0 Å². The number of ether oxygens (including phenoxy) is 1. The van der Waals surface area contributed by atoms with Gasteiger partial charge >= 0.3 is 0 Å². The standard InChI is InChI=1S/C17H23NO2/c19-17(12-15-8-10-20-13-15)18-9-4-7-16(18)11-14-5-2-1-3-6-14/h1-3,5-6,15-16H,4,7-13H2. The summed E-state index contributed by atoms with van der Waals surface area (Å²) in [6, 6.07) is 10.9. The number of likely N-dealkylation sites (tertiary alicyclic amines) is 1. The smallest absolute Gasteiger partial charge is 0.223 e. The van der Waals surface area contributed by atoms with Crippen molar-refractivity contribution in [2.24, 2.45) is 5.92 Å². The zero-order valence-corrected chi connectivity index (χ0v) is 12.0. The first-order chi connectivity index (χ1) is 9.83. The van der Waals surface area contributed by atoms with Crippen molar-refractivity contribution >= 4 is 5.91 Å². The van der Waals surface area contributed by atoms with Crippen molar-refractivity contribution < 1.29 is 9.53 Å². The lowest BCUT2D eigenvalue weighted by atomic mass is 10.0. The molecule has 2 fully saturated rings. The number of amides is 1. The first-order valence-corrected chi connectivity index (χ1v) is 7.74. The normalized spacial score (nSPS) is 26.1. The number of carbonyl (C=O) groups excluding carboxylic acids is 1. The molecule has 108 valence electrons. The van der Waals surface area contributed by atoms with Gasteiger partial charge in [-0.2, -0.15) is 0 Å². The van der Waals surface area contributed by atoms with E-state index >= 15 is 0 Å². The number of nitrogens with zero attached hydrogens (tertiary/aromatic N) is 1. The van der Waals surface area contributed by atoms with E-state index in [9.17, 15) is 4.79 Å². The van der Waals surface area contributed by atoms with Gasteiger partial charge in [0.25, 0.3) is 0 Å². The van der Waals surface area contributed by atoms with Crippen molar-refractivity contribution in [1.82, 2.24) is 4.90 Å². The molecular weight excluding hydrogens is 250 g/mol. The SMILES string of the molecule is O=C(CC1CCOC1)N1CCCC1Cc1ccccc1. The number of hydrogen-bond donors (Lipinski definition) is 0. The van der Waals surface area contributed by atoms with Crippen LogP contribution in [0.1, 0.15) is 31.2 Å². The molecule has 2 aliphatic rings. The topological polar surface area (TPSA) is 29.5 Å². The molecule has 2 saturated heterocycles. The second-order valence-corrected chi connectivity index (χ2v) is 6.01. The molecule has 2 unspecified atom stereocenters. The molecule has 1 amide bonds. The molecule has 0 radical (unpaired) electrons. The molecule has 3 heteroatoms. The van der Waals surface area contributed by atoms with Crippen LogP contribution >= 0.6 is 0 Å². The summed E-state index contributed by atoms with van der Waals surface area (Å²) in [4.78, 5) is 14.6. The van der Waals surface area contributed by atoms with Crippen LogP contribution in [0.25, 0.3) is 0 Å². The Kier molecular flexibility index (Phi) is 4.36. The third kappa shape index (κ3) is 3.21. The predicted molar refractivity (Wildman–Crippen MR) is 78.4 cm³/mol. The number of carbonyl (C=O) groups is 1. The zero-order chi connectivity index (χ0) is 13.8. The van der Waals surface area contributed by atoms with Gasteiger partial charge in [0.2, 0.25) is 5.91 Å². The summed E-state index contributed by atoms with van der Waals surface area (Å²) in [6.07, 6.45) is 4.99. The minimum absolute atomic E-state index is 0.332. The van der Waals surface area contributed by atoms with Crippen LogP contribution in [-0.4, -0.2) is 36.6 Å². The number of rotatable bonds is 4.